The molecule has 4 heteroatoms. The van der Waals surface area contributed by atoms with E-state index in [4.69, 9.17) is 4.99 Å². The first kappa shape index (κ1) is 24.9. The van der Waals surface area contributed by atoms with Gasteiger partial charge in [-0.05, 0) is 17.2 Å². The fraction of sp³-hybridized carbons (Fsp3) is 0.0278. The molecule has 3 aliphatic rings. The maximum atomic E-state index is 16.2. The maximum Gasteiger partial charge on any atom is 0.172 e. The zero-order valence-electron chi connectivity index (χ0n) is 21.8. The van der Waals surface area contributed by atoms with Crippen LogP contribution in [-0.4, -0.2) is 5.45 Å². The highest BCUT2D eigenvalue weighted by molar-refractivity contribution is 8.00. The Balaban J connectivity index is 1.64. The highest BCUT2D eigenvalue weighted by Crippen LogP contribution is 2.76. The topological polar surface area (TPSA) is 29.4 Å². The van der Waals surface area contributed by atoms with E-state index >= 15 is 4.57 Å². The van der Waals surface area contributed by atoms with E-state index in [1.54, 1.807) is 0 Å². The summed E-state index contributed by atoms with van der Waals surface area (Å²) in [7, 11) is -4.45. The van der Waals surface area contributed by atoms with Crippen molar-refractivity contribution in [1.29, 1.82) is 0 Å². The first-order valence-electron chi connectivity index (χ1n) is 13.4. The zero-order chi connectivity index (χ0) is 27.0. The normalized spacial score (nSPS) is 19.9. The van der Waals surface area contributed by atoms with Gasteiger partial charge in [0.1, 0.15) is 5.54 Å². The van der Waals surface area contributed by atoms with Gasteiger partial charge in [-0.15, -0.1) is 0 Å². The number of hydrogen-bond acceptors (Lipinski definition) is 2. The molecule has 3 aliphatic heterocycles. The molecule has 5 aromatic carbocycles. The summed E-state index contributed by atoms with van der Waals surface area (Å²) in [5.41, 5.74) is 4.46. The number of hydrogen-bond donors (Lipinski definition) is 0. The molecule has 0 saturated heterocycles. The van der Waals surface area contributed by atoms with Gasteiger partial charge in [0.25, 0.3) is 0 Å². The van der Waals surface area contributed by atoms with Gasteiger partial charge < -0.3 is 4.57 Å². The van der Waals surface area contributed by atoms with Crippen LogP contribution in [0.4, 0.5) is 0 Å². The molecule has 2 atom stereocenters. The van der Waals surface area contributed by atoms with Crippen molar-refractivity contribution in [1.82, 2.24) is 0 Å². The van der Waals surface area contributed by atoms with Crippen LogP contribution in [0, 0.1) is 0 Å². The number of rotatable bonds is 6. The lowest BCUT2D eigenvalue weighted by Gasteiger charge is -2.45. The minimum Gasteiger partial charge on any atom is -0.309 e. The van der Waals surface area contributed by atoms with Gasteiger partial charge in [0.2, 0.25) is 0 Å². The van der Waals surface area contributed by atoms with Gasteiger partial charge in [-0.3, -0.25) is 4.99 Å². The third-order valence-electron chi connectivity index (χ3n) is 7.65. The molecule has 3 heterocycles. The predicted molar refractivity (Wildman–Crippen MR) is 170 cm³/mol. The quantitative estimate of drug-likeness (QED) is 0.194. The molecule has 0 amide bonds. The lowest BCUT2D eigenvalue weighted by Crippen LogP contribution is -2.34. The molecule has 8 rings (SSSR count). The second-order valence-electron chi connectivity index (χ2n) is 9.96. The molecule has 0 aromatic heterocycles. The molecule has 0 aliphatic carbocycles. The van der Waals surface area contributed by atoms with E-state index in [1.165, 1.54) is 0 Å². The highest BCUT2D eigenvalue weighted by Gasteiger charge is 2.52. The summed E-state index contributed by atoms with van der Waals surface area (Å²) in [4.78, 5) is 5.61. The second-order valence-corrected chi connectivity index (χ2v) is 14.9. The zero-order valence-corrected chi connectivity index (χ0v) is 23.6. The van der Waals surface area contributed by atoms with Crippen molar-refractivity contribution in [3.05, 3.63) is 185 Å². The van der Waals surface area contributed by atoms with Crippen molar-refractivity contribution >= 4 is 36.7 Å². The molecule has 2 bridgehead atoms. The van der Waals surface area contributed by atoms with Crippen molar-refractivity contribution in [2.45, 2.75) is 5.54 Å². The van der Waals surface area contributed by atoms with Gasteiger partial charge in [-0.1, -0.05) is 157 Å². The number of benzene rings is 5. The van der Waals surface area contributed by atoms with Crippen LogP contribution >= 0.6 is 15.1 Å². The maximum absolute atomic E-state index is 16.2. The minimum absolute atomic E-state index is 0.806. The van der Waals surface area contributed by atoms with Crippen molar-refractivity contribution < 1.29 is 4.57 Å². The van der Waals surface area contributed by atoms with Gasteiger partial charge in [0.15, 0.2) is 7.14 Å². The molecule has 0 radical (unpaired) electrons. The Labute approximate surface area is 236 Å². The number of aliphatic imine (C=N–C) groups is 1. The Morgan fingerprint density at radius 2 is 1.00 bits per heavy atom. The summed E-state index contributed by atoms with van der Waals surface area (Å²) >= 11 is 0. The van der Waals surface area contributed by atoms with E-state index in [0.717, 1.165) is 43.4 Å². The summed E-state index contributed by atoms with van der Waals surface area (Å²) in [6.45, 7) is 0. The molecule has 2 unspecified atom stereocenters. The monoisotopic (exact) mass is 551 g/mol. The molecular formula is C36H27NOP2. The fourth-order valence-electron chi connectivity index (χ4n) is 5.83. The molecule has 0 N–H and O–H groups in total. The molecule has 0 spiro atoms. The highest BCUT2D eigenvalue weighted by atomic mass is 31.2. The largest absolute Gasteiger partial charge is 0.309 e. The fourth-order valence-corrected chi connectivity index (χ4v) is 12.9. The van der Waals surface area contributed by atoms with E-state index in [1.807, 2.05) is 78.9 Å². The SMILES string of the molecule is O=P(C1=C(c2ccccc2)C2(c3ccccc3)C=CP1C(c1ccccc1)=N2)(c1ccccc1)c1ccccc1. The molecule has 192 valence electrons. The van der Waals surface area contributed by atoms with Crippen LogP contribution in [0.25, 0.3) is 5.57 Å². The van der Waals surface area contributed by atoms with Crippen LogP contribution in [0.2, 0.25) is 0 Å². The summed E-state index contributed by atoms with van der Waals surface area (Å²) in [5.74, 6) is 2.30. The van der Waals surface area contributed by atoms with Crippen LogP contribution in [-0.2, 0) is 10.1 Å². The van der Waals surface area contributed by atoms with Crippen molar-refractivity contribution in [3.8, 4) is 0 Å². The van der Waals surface area contributed by atoms with E-state index in [9.17, 15) is 0 Å². The summed E-state index contributed by atoms with van der Waals surface area (Å²) in [5, 5.41) is 2.71. The smallest absolute Gasteiger partial charge is 0.172 e. The lowest BCUT2D eigenvalue weighted by molar-refractivity contribution is 0.591. The van der Waals surface area contributed by atoms with E-state index in [-0.39, 0.29) is 0 Å². The Hall–Kier alpha value is -4.09. The van der Waals surface area contributed by atoms with Gasteiger partial charge in [0, 0.05) is 34.7 Å². The summed E-state index contributed by atoms with van der Waals surface area (Å²) < 4.78 is 16.2. The molecule has 2 nitrogen and oxygen atoms in total. The molecule has 5 aromatic rings. The van der Waals surface area contributed by atoms with Gasteiger partial charge in [-0.2, -0.15) is 0 Å². The van der Waals surface area contributed by atoms with Gasteiger partial charge in [-0.25, -0.2) is 0 Å². The van der Waals surface area contributed by atoms with Crippen LogP contribution in [0.1, 0.15) is 16.7 Å². The first-order valence-corrected chi connectivity index (χ1v) is 16.5. The van der Waals surface area contributed by atoms with Gasteiger partial charge >= 0.3 is 0 Å². The van der Waals surface area contributed by atoms with E-state index in [2.05, 4.69) is 84.7 Å². The summed E-state index contributed by atoms with van der Waals surface area (Å²) in [6, 6.07) is 51.4. The Morgan fingerprint density at radius 3 is 1.52 bits per heavy atom. The third kappa shape index (κ3) is 3.91. The third-order valence-corrected chi connectivity index (χ3v) is 14.0. The molecule has 0 saturated carbocycles. The van der Waals surface area contributed by atoms with Crippen molar-refractivity contribution in [2.75, 3.05) is 0 Å². The van der Waals surface area contributed by atoms with Crippen molar-refractivity contribution in [3.63, 3.8) is 0 Å². The predicted octanol–water partition coefficient (Wildman–Crippen LogP) is 8.73. The standard InChI is InChI=1S/C36H27NOP2/c38-40(31-22-12-4-13-23-31,32-24-14-5-15-25-32)35-33(28-16-6-1-7-17-28)36(30-20-10-3-11-21-30)26-27-39(35)34(37-36)29-18-8-2-9-19-29/h1-27H. The second kappa shape index (κ2) is 10.1. The average molecular weight is 552 g/mol. The lowest BCUT2D eigenvalue weighted by atomic mass is 9.80. The Kier molecular flexibility index (Phi) is 6.32. The summed E-state index contributed by atoms with van der Waals surface area (Å²) in [6.07, 6.45) is 2.26. The minimum atomic E-state index is -3.31. The van der Waals surface area contributed by atoms with Gasteiger partial charge in [0.05, 0.1) is 5.45 Å². The molecular weight excluding hydrogens is 524 g/mol. The Bertz CT molecular complexity index is 1750. The van der Waals surface area contributed by atoms with E-state index < -0.39 is 20.6 Å². The van der Waals surface area contributed by atoms with Crippen LogP contribution in [0.3, 0.4) is 0 Å². The first-order chi connectivity index (χ1) is 19.7. The van der Waals surface area contributed by atoms with Crippen LogP contribution in [0.15, 0.2) is 174 Å². The molecule has 0 fully saturated rings. The van der Waals surface area contributed by atoms with E-state index in [0.29, 0.717) is 0 Å². The van der Waals surface area contributed by atoms with Crippen molar-refractivity contribution in [2.24, 2.45) is 4.99 Å². The average Bonchev–Trinajstić information content (AvgIpc) is 3.06. The number of nitrogens with zero attached hydrogens (tertiary/aromatic N) is 1. The van der Waals surface area contributed by atoms with Crippen LogP contribution in [0.5, 0.6) is 0 Å². The van der Waals surface area contributed by atoms with Crippen LogP contribution < -0.4 is 10.6 Å². The Morgan fingerprint density at radius 1 is 0.550 bits per heavy atom. The molecule has 40 heavy (non-hydrogen) atoms.